The fourth-order valence-corrected chi connectivity index (χ4v) is 2.90. The normalized spacial score (nSPS) is 28.0. The number of hydrogen-bond acceptors (Lipinski definition) is 3. The summed E-state index contributed by atoms with van der Waals surface area (Å²) in [5, 5.41) is 2.98. The second kappa shape index (κ2) is 5.63. The van der Waals surface area contributed by atoms with Gasteiger partial charge in [-0.15, -0.1) is 0 Å². The van der Waals surface area contributed by atoms with Gasteiger partial charge in [0, 0.05) is 25.4 Å². The zero-order valence-electron chi connectivity index (χ0n) is 10.6. The van der Waals surface area contributed by atoms with Crippen LogP contribution in [0.4, 0.5) is 0 Å². The van der Waals surface area contributed by atoms with E-state index in [1.165, 1.54) is 0 Å². The van der Waals surface area contributed by atoms with Crippen LogP contribution in [-0.4, -0.2) is 42.3 Å². The van der Waals surface area contributed by atoms with E-state index < -0.39 is 0 Å². The van der Waals surface area contributed by atoms with Crippen molar-refractivity contribution in [2.24, 2.45) is 0 Å². The van der Waals surface area contributed by atoms with Crippen LogP contribution in [0.5, 0.6) is 0 Å². The number of likely N-dealkylation sites (N-methyl/N-ethyl adjacent to an activating group) is 1. The predicted molar refractivity (Wildman–Crippen MR) is 65.7 cm³/mol. The summed E-state index contributed by atoms with van der Waals surface area (Å²) in [6, 6.07) is 0.414. The second-order valence-corrected chi connectivity index (χ2v) is 5.24. The Labute approximate surface area is 103 Å². The minimum absolute atomic E-state index is 0.00991. The standard InChI is InChI=1S/C13H22N2O2/c1-15(10-5-7-11(16)8-6-10)12-4-2-3-9-14-13(12)17/h10,12H,2-9H2,1H3,(H,14,17). The van der Waals surface area contributed by atoms with Crippen molar-refractivity contribution in [1.82, 2.24) is 10.2 Å². The Morgan fingerprint density at radius 3 is 2.53 bits per heavy atom. The molecule has 1 atom stereocenters. The lowest BCUT2D eigenvalue weighted by Gasteiger charge is -2.35. The van der Waals surface area contributed by atoms with Crippen LogP contribution in [-0.2, 0) is 9.59 Å². The number of nitrogens with one attached hydrogen (secondary N) is 1. The van der Waals surface area contributed by atoms with Crippen molar-refractivity contribution in [3.05, 3.63) is 0 Å². The average Bonchev–Trinajstić information content (AvgIpc) is 2.54. The number of amides is 1. The topological polar surface area (TPSA) is 49.4 Å². The highest BCUT2D eigenvalue weighted by atomic mass is 16.2. The molecule has 2 fully saturated rings. The van der Waals surface area contributed by atoms with Crippen LogP contribution in [0.2, 0.25) is 0 Å². The molecule has 4 nitrogen and oxygen atoms in total. The average molecular weight is 238 g/mol. The van der Waals surface area contributed by atoms with E-state index in [4.69, 9.17) is 0 Å². The number of Topliss-reactive ketones (excluding diaryl/α,β-unsaturated/α-hetero) is 1. The summed E-state index contributed by atoms with van der Waals surface area (Å²) in [4.78, 5) is 25.4. The first-order valence-corrected chi connectivity index (χ1v) is 6.70. The van der Waals surface area contributed by atoms with E-state index in [0.29, 0.717) is 24.7 Å². The third-order valence-corrected chi connectivity index (χ3v) is 4.09. The Balaban J connectivity index is 1.95. The number of carbonyl (C=O) groups excluding carboxylic acids is 2. The maximum atomic E-state index is 11.9. The lowest BCUT2D eigenvalue weighted by atomic mass is 9.92. The third-order valence-electron chi connectivity index (χ3n) is 4.09. The fourth-order valence-electron chi connectivity index (χ4n) is 2.90. The van der Waals surface area contributed by atoms with Gasteiger partial charge in [0.25, 0.3) is 0 Å². The highest BCUT2D eigenvalue weighted by molar-refractivity contribution is 5.82. The molecule has 1 aliphatic carbocycles. The van der Waals surface area contributed by atoms with Gasteiger partial charge in [-0.1, -0.05) is 0 Å². The number of hydrogen-bond donors (Lipinski definition) is 1. The molecule has 0 aromatic rings. The van der Waals surface area contributed by atoms with Crippen LogP contribution in [0.25, 0.3) is 0 Å². The first-order valence-electron chi connectivity index (χ1n) is 6.70. The SMILES string of the molecule is CN(C1CCC(=O)CC1)C1CCCCNC1=O. The predicted octanol–water partition coefficient (Wildman–Crippen LogP) is 1.10. The van der Waals surface area contributed by atoms with E-state index >= 15 is 0 Å². The van der Waals surface area contributed by atoms with Gasteiger partial charge in [-0.05, 0) is 39.2 Å². The third kappa shape index (κ3) is 3.06. The van der Waals surface area contributed by atoms with E-state index in [0.717, 1.165) is 38.6 Å². The van der Waals surface area contributed by atoms with Crippen molar-refractivity contribution in [2.45, 2.75) is 57.0 Å². The molecule has 96 valence electrons. The summed E-state index contributed by atoms with van der Waals surface area (Å²) in [5.41, 5.74) is 0. The molecule has 1 unspecified atom stereocenters. The van der Waals surface area contributed by atoms with Gasteiger partial charge < -0.3 is 5.32 Å². The van der Waals surface area contributed by atoms with E-state index in [2.05, 4.69) is 10.2 Å². The lowest BCUT2D eigenvalue weighted by Crippen LogP contribution is -2.49. The minimum Gasteiger partial charge on any atom is -0.355 e. The largest absolute Gasteiger partial charge is 0.355 e. The van der Waals surface area contributed by atoms with Gasteiger partial charge in [-0.25, -0.2) is 0 Å². The monoisotopic (exact) mass is 238 g/mol. The van der Waals surface area contributed by atoms with Crippen molar-refractivity contribution in [1.29, 1.82) is 0 Å². The highest BCUT2D eigenvalue weighted by Gasteiger charge is 2.31. The van der Waals surface area contributed by atoms with E-state index in [9.17, 15) is 9.59 Å². The van der Waals surface area contributed by atoms with Crippen molar-refractivity contribution < 1.29 is 9.59 Å². The first kappa shape index (κ1) is 12.6. The quantitative estimate of drug-likeness (QED) is 0.783. The Morgan fingerprint density at radius 1 is 1.12 bits per heavy atom. The van der Waals surface area contributed by atoms with Crippen molar-refractivity contribution >= 4 is 11.7 Å². The van der Waals surface area contributed by atoms with Crippen molar-refractivity contribution in [3.63, 3.8) is 0 Å². The van der Waals surface area contributed by atoms with Gasteiger partial charge in [0.1, 0.15) is 5.78 Å². The molecule has 0 radical (unpaired) electrons. The highest BCUT2D eigenvalue weighted by Crippen LogP contribution is 2.23. The molecule has 2 rings (SSSR count). The molecule has 2 aliphatic rings. The maximum absolute atomic E-state index is 11.9. The van der Waals surface area contributed by atoms with Gasteiger partial charge in [0.2, 0.25) is 5.91 Å². The molecule has 1 N–H and O–H groups in total. The fraction of sp³-hybridized carbons (Fsp3) is 0.846. The second-order valence-electron chi connectivity index (χ2n) is 5.24. The van der Waals surface area contributed by atoms with Crippen molar-refractivity contribution in [3.8, 4) is 0 Å². The Morgan fingerprint density at radius 2 is 1.82 bits per heavy atom. The Bertz CT molecular complexity index is 294. The Hall–Kier alpha value is -0.900. The summed E-state index contributed by atoms with van der Waals surface area (Å²) in [5.74, 6) is 0.543. The number of carbonyl (C=O) groups is 2. The van der Waals surface area contributed by atoms with Crippen LogP contribution in [0.1, 0.15) is 44.9 Å². The molecular formula is C13H22N2O2. The van der Waals surface area contributed by atoms with Crippen LogP contribution in [0.3, 0.4) is 0 Å². The smallest absolute Gasteiger partial charge is 0.237 e. The van der Waals surface area contributed by atoms with Crippen LogP contribution in [0, 0.1) is 0 Å². The first-order chi connectivity index (χ1) is 8.18. The van der Waals surface area contributed by atoms with Gasteiger partial charge in [0.15, 0.2) is 0 Å². The van der Waals surface area contributed by atoms with Gasteiger partial charge in [0.05, 0.1) is 6.04 Å². The molecule has 1 amide bonds. The van der Waals surface area contributed by atoms with E-state index in [1.807, 2.05) is 7.05 Å². The van der Waals surface area contributed by atoms with Crippen LogP contribution >= 0.6 is 0 Å². The lowest BCUT2D eigenvalue weighted by molar-refractivity contribution is -0.127. The van der Waals surface area contributed by atoms with E-state index in [-0.39, 0.29) is 11.9 Å². The van der Waals surface area contributed by atoms with Gasteiger partial charge >= 0.3 is 0 Å². The molecule has 1 saturated carbocycles. The number of rotatable bonds is 2. The molecule has 1 heterocycles. The summed E-state index contributed by atoms with van der Waals surface area (Å²) in [6.07, 6.45) is 6.34. The minimum atomic E-state index is 0.00991. The van der Waals surface area contributed by atoms with Gasteiger partial charge in [-0.2, -0.15) is 0 Å². The number of ketones is 1. The van der Waals surface area contributed by atoms with E-state index in [1.54, 1.807) is 0 Å². The summed E-state index contributed by atoms with van der Waals surface area (Å²) in [7, 11) is 2.04. The summed E-state index contributed by atoms with van der Waals surface area (Å²) >= 11 is 0. The molecule has 1 saturated heterocycles. The zero-order chi connectivity index (χ0) is 12.3. The zero-order valence-corrected chi connectivity index (χ0v) is 10.6. The maximum Gasteiger partial charge on any atom is 0.237 e. The molecule has 1 aliphatic heterocycles. The Kier molecular flexibility index (Phi) is 4.15. The molecule has 0 aromatic heterocycles. The molecule has 4 heteroatoms. The van der Waals surface area contributed by atoms with Crippen LogP contribution < -0.4 is 5.32 Å². The van der Waals surface area contributed by atoms with Gasteiger partial charge in [-0.3, -0.25) is 14.5 Å². The molecular weight excluding hydrogens is 216 g/mol. The summed E-state index contributed by atoms with van der Waals surface area (Å²) in [6.45, 7) is 0.812. The molecule has 0 spiro atoms. The number of nitrogens with zero attached hydrogens (tertiary/aromatic N) is 1. The van der Waals surface area contributed by atoms with Crippen molar-refractivity contribution in [2.75, 3.05) is 13.6 Å². The molecule has 0 bridgehead atoms. The molecule has 17 heavy (non-hydrogen) atoms. The van der Waals surface area contributed by atoms with Crippen LogP contribution in [0.15, 0.2) is 0 Å². The summed E-state index contributed by atoms with van der Waals surface area (Å²) < 4.78 is 0. The molecule has 0 aromatic carbocycles.